The normalized spacial score (nSPS) is 15.6. The lowest BCUT2D eigenvalue weighted by Crippen LogP contribution is -2.39. The van der Waals surface area contributed by atoms with Gasteiger partial charge in [0.05, 0.1) is 35.1 Å². The molecule has 1 amide bonds. The number of sulfonamides is 1. The molecule has 3 rings (SSSR count). The summed E-state index contributed by atoms with van der Waals surface area (Å²) in [7, 11) is -7.62. The quantitative estimate of drug-likeness (QED) is 0.328. The number of amides is 1. The minimum Gasteiger partial charge on any atom is -0.504 e. The van der Waals surface area contributed by atoms with Crippen LogP contribution in [0.15, 0.2) is 53.2 Å². The molecule has 3 heterocycles. The van der Waals surface area contributed by atoms with E-state index in [-0.39, 0.29) is 45.8 Å². The van der Waals surface area contributed by atoms with Crippen LogP contribution >= 0.6 is 30.5 Å². The molecule has 0 atom stereocenters. The van der Waals surface area contributed by atoms with Gasteiger partial charge < -0.3 is 19.5 Å². The van der Waals surface area contributed by atoms with Crippen LogP contribution in [-0.4, -0.2) is 54.6 Å². The molecular formula is C20H23ClN3O7PS2. The van der Waals surface area contributed by atoms with Crippen LogP contribution in [0.2, 0.25) is 4.34 Å². The van der Waals surface area contributed by atoms with E-state index in [0.29, 0.717) is 0 Å². The molecule has 2 N–H and O–H groups in total. The summed E-state index contributed by atoms with van der Waals surface area (Å²) in [4.78, 5) is 16.8. The monoisotopic (exact) mass is 547 g/mol. The third kappa shape index (κ3) is 5.70. The third-order valence-electron chi connectivity index (χ3n) is 4.46. The molecule has 1 aliphatic rings. The molecule has 0 unspecified atom stereocenters. The first-order valence-corrected chi connectivity index (χ1v) is 14.5. The Labute approximate surface area is 206 Å². The zero-order chi connectivity index (χ0) is 24.9. The van der Waals surface area contributed by atoms with Gasteiger partial charge in [0.2, 0.25) is 0 Å². The molecule has 0 saturated carbocycles. The van der Waals surface area contributed by atoms with E-state index in [2.05, 4.69) is 10.3 Å². The summed E-state index contributed by atoms with van der Waals surface area (Å²) in [6.45, 7) is 3.39. The molecule has 0 saturated heterocycles. The van der Waals surface area contributed by atoms with E-state index in [0.717, 1.165) is 15.6 Å². The third-order valence-corrected chi connectivity index (χ3v) is 9.62. The molecule has 1 aliphatic heterocycles. The lowest BCUT2D eigenvalue weighted by atomic mass is 10.2. The number of hydrogen-bond donors (Lipinski definition) is 2. The first-order chi connectivity index (χ1) is 16.1. The van der Waals surface area contributed by atoms with Crippen LogP contribution in [-0.2, 0) is 28.4 Å². The van der Waals surface area contributed by atoms with Crippen molar-refractivity contribution in [2.45, 2.75) is 18.7 Å². The van der Waals surface area contributed by atoms with Crippen LogP contribution < -0.4 is 5.32 Å². The van der Waals surface area contributed by atoms with E-state index in [1.54, 1.807) is 26.0 Å². The first kappa shape index (κ1) is 26.4. The highest BCUT2D eigenvalue weighted by Crippen LogP contribution is 2.48. The predicted molar refractivity (Wildman–Crippen MR) is 131 cm³/mol. The number of carbonyl (C=O) groups excluding carboxylic acids is 1. The van der Waals surface area contributed by atoms with E-state index < -0.39 is 35.0 Å². The standard InChI is InChI=1S/C20H23ClN3O7PS2/c1-3-30-32(27,31-4-2)12-8-7-11-24-17(20(26)23-16-9-5-6-10-22-16)18(25)19-14(34(24,28)29)13-15(21)33-19/h5-10,13,25H,3-4,11-12H2,1-2H3,(H,22,23,26)/b8-7+. The highest BCUT2D eigenvalue weighted by molar-refractivity contribution is 7.89. The van der Waals surface area contributed by atoms with Gasteiger partial charge in [0.15, 0.2) is 11.5 Å². The van der Waals surface area contributed by atoms with Crippen LogP contribution in [0.25, 0.3) is 5.76 Å². The van der Waals surface area contributed by atoms with E-state index in [4.69, 9.17) is 20.6 Å². The zero-order valence-electron chi connectivity index (χ0n) is 18.3. The first-order valence-electron chi connectivity index (χ1n) is 10.1. The van der Waals surface area contributed by atoms with Crippen LogP contribution in [0.1, 0.15) is 18.7 Å². The molecule has 0 aliphatic carbocycles. The van der Waals surface area contributed by atoms with Crippen LogP contribution in [0.4, 0.5) is 5.82 Å². The Kier molecular flexibility index (Phi) is 8.56. The summed E-state index contributed by atoms with van der Waals surface area (Å²) < 4.78 is 50.6. The van der Waals surface area contributed by atoms with Crippen LogP contribution in [0, 0.1) is 0 Å². The Balaban J connectivity index is 1.95. The van der Waals surface area contributed by atoms with Crippen molar-refractivity contribution in [1.29, 1.82) is 0 Å². The lowest BCUT2D eigenvalue weighted by molar-refractivity contribution is -0.113. The SMILES string of the molecule is CCOP(=O)(C/C=C/CN1C(C(=O)Nc2ccccn2)=C(O)c2sc(Cl)cc2S1(=O)=O)OCC. The number of nitrogens with one attached hydrogen (secondary N) is 1. The molecular weight excluding hydrogens is 525 g/mol. The highest BCUT2D eigenvalue weighted by atomic mass is 35.5. The second-order valence-corrected chi connectivity index (χ2v) is 12.4. The van der Waals surface area contributed by atoms with Gasteiger partial charge >= 0.3 is 7.60 Å². The van der Waals surface area contributed by atoms with Crippen molar-refractivity contribution in [2.75, 3.05) is 31.2 Å². The van der Waals surface area contributed by atoms with Crippen molar-refractivity contribution in [2.24, 2.45) is 0 Å². The van der Waals surface area contributed by atoms with Crippen LogP contribution in [0.3, 0.4) is 0 Å². The fraction of sp³-hybridized carbons (Fsp3) is 0.300. The molecule has 0 bridgehead atoms. The molecule has 0 aromatic carbocycles. The minimum absolute atomic E-state index is 0.0337. The molecule has 2 aromatic rings. The summed E-state index contributed by atoms with van der Waals surface area (Å²) in [6.07, 6.45) is 4.21. The number of rotatable bonds is 10. The second kappa shape index (κ2) is 11.0. The average molecular weight is 548 g/mol. The Morgan fingerprint density at radius 2 is 2.00 bits per heavy atom. The number of carbonyl (C=O) groups is 1. The van der Waals surface area contributed by atoms with Gasteiger partial charge in [0.25, 0.3) is 15.9 Å². The fourth-order valence-electron chi connectivity index (χ4n) is 3.10. The van der Waals surface area contributed by atoms with E-state index >= 15 is 0 Å². The number of anilines is 1. The molecule has 34 heavy (non-hydrogen) atoms. The van der Waals surface area contributed by atoms with Gasteiger partial charge in [0, 0.05) is 6.20 Å². The van der Waals surface area contributed by atoms with E-state index in [1.165, 1.54) is 30.5 Å². The smallest absolute Gasteiger partial charge is 0.334 e. The number of halogens is 1. The number of pyridine rings is 1. The van der Waals surface area contributed by atoms with Gasteiger partial charge in [-0.15, -0.1) is 11.3 Å². The lowest BCUT2D eigenvalue weighted by Gasteiger charge is -2.29. The number of aliphatic hydroxyl groups is 1. The molecule has 2 aromatic heterocycles. The summed E-state index contributed by atoms with van der Waals surface area (Å²) in [6, 6.07) is 6.03. The Morgan fingerprint density at radius 1 is 1.29 bits per heavy atom. The van der Waals surface area contributed by atoms with E-state index in [9.17, 15) is 22.9 Å². The Hall–Kier alpha value is -2.21. The minimum atomic E-state index is -4.24. The summed E-state index contributed by atoms with van der Waals surface area (Å²) >= 11 is 6.84. The fourth-order valence-corrected chi connectivity index (χ4v) is 7.75. The predicted octanol–water partition coefficient (Wildman–Crippen LogP) is 4.49. The van der Waals surface area contributed by atoms with Crippen molar-refractivity contribution in [3.05, 3.63) is 57.5 Å². The molecule has 14 heteroatoms. The molecule has 10 nitrogen and oxygen atoms in total. The van der Waals surface area contributed by atoms with Gasteiger partial charge in [-0.1, -0.05) is 29.8 Å². The maximum absolute atomic E-state index is 13.3. The van der Waals surface area contributed by atoms with Gasteiger partial charge in [-0.3, -0.25) is 13.7 Å². The van der Waals surface area contributed by atoms with Crippen molar-refractivity contribution < 1.29 is 31.9 Å². The van der Waals surface area contributed by atoms with Crippen molar-refractivity contribution >= 4 is 58.0 Å². The number of aromatic nitrogens is 1. The molecule has 0 fully saturated rings. The highest BCUT2D eigenvalue weighted by Gasteiger charge is 2.41. The maximum Gasteiger partial charge on any atom is 0.334 e. The van der Waals surface area contributed by atoms with Gasteiger partial charge in [-0.2, -0.15) is 0 Å². The van der Waals surface area contributed by atoms with Gasteiger partial charge in [-0.05, 0) is 32.0 Å². The Bertz CT molecular complexity index is 1250. The van der Waals surface area contributed by atoms with Gasteiger partial charge in [0.1, 0.15) is 10.7 Å². The van der Waals surface area contributed by atoms with Gasteiger partial charge in [-0.25, -0.2) is 13.4 Å². The topological polar surface area (TPSA) is 135 Å². The van der Waals surface area contributed by atoms with Crippen molar-refractivity contribution in [3.8, 4) is 0 Å². The maximum atomic E-state index is 13.3. The van der Waals surface area contributed by atoms with Crippen LogP contribution in [0.5, 0.6) is 0 Å². The summed E-state index contributed by atoms with van der Waals surface area (Å²) in [5.41, 5.74) is -0.487. The number of nitrogens with zero attached hydrogens (tertiary/aromatic N) is 2. The zero-order valence-corrected chi connectivity index (χ0v) is 21.6. The number of allylic oxidation sites excluding steroid dienone is 1. The summed E-state index contributed by atoms with van der Waals surface area (Å²) in [5, 5.41) is 13.3. The number of aliphatic hydroxyl groups excluding tert-OH is 1. The molecule has 0 radical (unpaired) electrons. The number of fused-ring (bicyclic) bond motifs is 1. The second-order valence-electron chi connectivity index (χ2n) is 6.75. The Morgan fingerprint density at radius 3 is 2.62 bits per heavy atom. The molecule has 184 valence electrons. The summed E-state index contributed by atoms with van der Waals surface area (Å²) in [5.74, 6) is -1.24. The van der Waals surface area contributed by atoms with Crippen molar-refractivity contribution in [3.63, 3.8) is 0 Å². The van der Waals surface area contributed by atoms with E-state index in [1.807, 2.05) is 0 Å². The number of hydrogen-bond acceptors (Lipinski definition) is 9. The average Bonchev–Trinajstić information content (AvgIpc) is 3.19. The largest absolute Gasteiger partial charge is 0.504 e. The molecule has 0 spiro atoms. The van der Waals surface area contributed by atoms with Crippen molar-refractivity contribution in [1.82, 2.24) is 9.29 Å². The number of thiophene rings is 1.